The summed E-state index contributed by atoms with van der Waals surface area (Å²) in [5, 5.41) is 3.77. The summed E-state index contributed by atoms with van der Waals surface area (Å²) in [5.41, 5.74) is -3.42. The molecular weight excluding hydrogens is 469 g/mol. The lowest BCUT2D eigenvalue weighted by Crippen LogP contribution is -2.54. The molecule has 0 saturated carbocycles. The maximum absolute atomic E-state index is 13.2. The van der Waals surface area contributed by atoms with E-state index in [1.54, 1.807) is 18.2 Å². The molecule has 11 heteroatoms. The monoisotopic (exact) mass is 484 g/mol. The first-order valence-corrected chi connectivity index (χ1v) is 9.87. The van der Waals surface area contributed by atoms with Crippen molar-refractivity contribution in [2.75, 3.05) is 19.6 Å². The zero-order valence-corrected chi connectivity index (χ0v) is 17.3. The van der Waals surface area contributed by atoms with Crippen molar-refractivity contribution in [1.82, 2.24) is 10.2 Å². The van der Waals surface area contributed by atoms with Gasteiger partial charge in [0, 0.05) is 31.2 Å². The number of hydrogen-bond acceptors (Lipinski definition) is 2. The van der Waals surface area contributed by atoms with E-state index in [0.29, 0.717) is 35.6 Å². The molecule has 1 aliphatic heterocycles. The highest BCUT2D eigenvalue weighted by molar-refractivity contribution is 6.42. The number of piperazine rings is 1. The predicted octanol–water partition coefficient (Wildman–Crippen LogP) is 5.69. The molecule has 1 saturated heterocycles. The molecule has 1 aliphatic rings. The van der Waals surface area contributed by atoms with Gasteiger partial charge in [0.2, 0.25) is 0 Å². The number of carbonyl (C=O) groups excluding carboxylic acids is 1. The first-order valence-electron chi connectivity index (χ1n) is 9.12. The molecule has 31 heavy (non-hydrogen) atoms. The Morgan fingerprint density at radius 3 is 2.26 bits per heavy atom. The molecule has 3 nitrogen and oxygen atoms in total. The van der Waals surface area contributed by atoms with E-state index in [9.17, 15) is 31.1 Å². The van der Waals surface area contributed by atoms with Crippen molar-refractivity contribution in [3.8, 4) is 0 Å². The molecule has 1 N–H and O–H groups in total. The van der Waals surface area contributed by atoms with E-state index >= 15 is 0 Å². The zero-order chi connectivity index (χ0) is 23.0. The summed E-state index contributed by atoms with van der Waals surface area (Å²) in [4.78, 5) is 14.3. The van der Waals surface area contributed by atoms with Gasteiger partial charge in [-0.2, -0.15) is 26.3 Å². The van der Waals surface area contributed by atoms with Crippen LogP contribution in [0.4, 0.5) is 26.3 Å². The van der Waals surface area contributed by atoms with Crippen molar-refractivity contribution < 1.29 is 31.1 Å². The minimum absolute atomic E-state index is 0.188. The molecule has 1 atom stereocenters. The SMILES string of the molecule is O=C(c1ccc(C(F)(F)F)c(C(F)(F)F)c1)N1CCNC[C@H]1Cc1ccc(Cl)c(Cl)c1. The normalized spacial score (nSPS) is 17.7. The molecule has 1 fully saturated rings. The molecule has 168 valence electrons. The van der Waals surface area contributed by atoms with Crippen molar-refractivity contribution in [3.63, 3.8) is 0 Å². The van der Waals surface area contributed by atoms with Crippen LogP contribution in [0.25, 0.3) is 0 Å². The van der Waals surface area contributed by atoms with Crippen LogP contribution in [0.3, 0.4) is 0 Å². The lowest BCUT2D eigenvalue weighted by Gasteiger charge is -2.36. The van der Waals surface area contributed by atoms with E-state index in [0.717, 1.165) is 11.6 Å². The fraction of sp³-hybridized carbons (Fsp3) is 0.350. The second-order valence-corrected chi connectivity index (χ2v) is 7.88. The van der Waals surface area contributed by atoms with E-state index in [-0.39, 0.29) is 12.6 Å². The third-order valence-corrected chi connectivity index (χ3v) is 5.68. The summed E-state index contributed by atoms with van der Waals surface area (Å²) in [6.45, 7) is 0.947. The summed E-state index contributed by atoms with van der Waals surface area (Å²) in [7, 11) is 0. The fourth-order valence-corrected chi connectivity index (χ4v) is 3.79. The van der Waals surface area contributed by atoms with Crippen LogP contribution in [0.1, 0.15) is 27.0 Å². The van der Waals surface area contributed by atoms with Gasteiger partial charge >= 0.3 is 12.4 Å². The fourth-order valence-electron chi connectivity index (χ4n) is 3.47. The Labute approximate surface area is 183 Å². The summed E-state index contributed by atoms with van der Waals surface area (Å²) in [6, 6.07) is 5.84. The molecule has 0 aliphatic carbocycles. The van der Waals surface area contributed by atoms with Gasteiger partial charge in [-0.25, -0.2) is 0 Å². The Morgan fingerprint density at radius 2 is 1.65 bits per heavy atom. The number of benzene rings is 2. The van der Waals surface area contributed by atoms with Gasteiger partial charge in [0.15, 0.2) is 0 Å². The van der Waals surface area contributed by atoms with E-state index in [4.69, 9.17) is 23.2 Å². The molecule has 0 aromatic heterocycles. The maximum atomic E-state index is 13.2. The summed E-state index contributed by atoms with van der Waals surface area (Å²) in [5.74, 6) is -0.772. The minimum atomic E-state index is -5.26. The first kappa shape index (κ1) is 23.7. The van der Waals surface area contributed by atoms with Crippen LogP contribution in [-0.4, -0.2) is 36.5 Å². The number of amides is 1. The van der Waals surface area contributed by atoms with Crippen LogP contribution >= 0.6 is 23.2 Å². The molecule has 2 aromatic rings. The van der Waals surface area contributed by atoms with Gasteiger partial charge in [0.1, 0.15) is 0 Å². The third kappa shape index (κ3) is 5.45. The Hall–Kier alpha value is -1.97. The quantitative estimate of drug-likeness (QED) is 0.567. The Bertz CT molecular complexity index is 977. The number of alkyl halides is 6. The second kappa shape index (κ2) is 8.88. The highest BCUT2D eigenvalue weighted by Crippen LogP contribution is 2.40. The molecule has 0 spiro atoms. The van der Waals surface area contributed by atoms with Gasteiger partial charge in [-0.1, -0.05) is 29.3 Å². The average molecular weight is 485 g/mol. The molecule has 0 radical (unpaired) electrons. The topological polar surface area (TPSA) is 32.3 Å². The van der Waals surface area contributed by atoms with Crippen LogP contribution in [0, 0.1) is 0 Å². The summed E-state index contributed by atoms with van der Waals surface area (Å²) >= 11 is 11.9. The molecule has 0 bridgehead atoms. The smallest absolute Gasteiger partial charge is 0.333 e. The van der Waals surface area contributed by atoms with E-state index in [2.05, 4.69) is 5.32 Å². The highest BCUT2D eigenvalue weighted by atomic mass is 35.5. The first-order chi connectivity index (χ1) is 14.4. The number of nitrogens with zero attached hydrogens (tertiary/aromatic N) is 1. The standard InChI is InChI=1S/C20H16Cl2F6N2O/c21-16-4-1-11(8-17(16)22)7-13-10-29-5-6-30(13)18(31)12-2-3-14(19(23,24)25)15(9-12)20(26,27)28/h1-4,8-9,13,29H,5-7,10H2/t13-/m1/s1. The number of rotatable bonds is 3. The van der Waals surface area contributed by atoms with Gasteiger partial charge in [-0.3, -0.25) is 4.79 Å². The van der Waals surface area contributed by atoms with Crippen molar-refractivity contribution in [3.05, 3.63) is 68.7 Å². The van der Waals surface area contributed by atoms with Gasteiger partial charge in [0.25, 0.3) is 5.91 Å². The number of nitrogens with one attached hydrogen (secondary N) is 1. The van der Waals surface area contributed by atoms with Crippen molar-refractivity contribution in [2.45, 2.75) is 24.8 Å². The molecular formula is C20H16Cl2F6N2O. The molecule has 3 rings (SSSR count). The average Bonchev–Trinajstić information content (AvgIpc) is 2.69. The number of hydrogen-bond donors (Lipinski definition) is 1. The maximum Gasteiger partial charge on any atom is 0.417 e. The Morgan fingerprint density at radius 1 is 0.968 bits per heavy atom. The van der Waals surface area contributed by atoms with E-state index in [1.165, 1.54) is 4.90 Å². The van der Waals surface area contributed by atoms with Gasteiger partial charge in [0.05, 0.1) is 21.2 Å². The van der Waals surface area contributed by atoms with Crippen molar-refractivity contribution in [1.29, 1.82) is 0 Å². The van der Waals surface area contributed by atoms with Crippen LogP contribution in [0.5, 0.6) is 0 Å². The highest BCUT2D eigenvalue weighted by Gasteiger charge is 2.43. The van der Waals surface area contributed by atoms with Gasteiger partial charge < -0.3 is 10.2 Å². The van der Waals surface area contributed by atoms with Gasteiger partial charge in [-0.05, 0) is 42.3 Å². The minimum Gasteiger partial charge on any atom is -0.333 e. The third-order valence-electron chi connectivity index (χ3n) is 4.94. The van der Waals surface area contributed by atoms with Crippen molar-refractivity contribution in [2.24, 2.45) is 0 Å². The lowest BCUT2D eigenvalue weighted by atomic mass is 9.99. The zero-order valence-electron chi connectivity index (χ0n) is 15.7. The number of halogens is 8. The molecule has 1 heterocycles. The van der Waals surface area contributed by atoms with E-state index in [1.807, 2.05) is 0 Å². The molecule has 0 unspecified atom stereocenters. The Kier molecular flexibility index (Phi) is 6.78. The second-order valence-electron chi connectivity index (χ2n) is 7.06. The van der Waals surface area contributed by atoms with Crippen LogP contribution in [0.15, 0.2) is 36.4 Å². The van der Waals surface area contributed by atoms with Crippen LogP contribution in [-0.2, 0) is 18.8 Å². The van der Waals surface area contributed by atoms with Crippen LogP contribution < -0.4 is 5.32 Å². The van der Waals surface area contributed by atoms with E-state index < -0.39 is 41.0 Å². The lowest BCUT2D eigenvalue weighted by molar-refractivity contribution is -0.162. The summed E-state index contributed by atoms with van der Waals surface area (Å²) < 4.78 is 78.7. The Balaban J connectivity index is 1.91. The van der Waals surface area contributed by atoms with Gasteiger partial charge in [-0.15, -0.1) is 0 Å². The van der Waals surface area contributed by atoms with Crippen molar-refractivity contribution >= 4 is 29.1 Å². The number of carbonyl (C=O) groups is 1. The molecule has 1 amide bonds. The predicted molar refractivity (Wildman–Crippen MR) is 104 cm³/mol. The van der Waals surface area contributed by atoms with Crippen LogP contribution in [0.2, 0.25) is 10.0 Å². The largest absolute Gasteiger partial charge is 0.417 e. The molecule has 2 aromatic carbocycles. The summed E-state index contributed by atoms with van der Waals surface area (Å²) in [6.07, 6.45) is -10.1.